The summed E-state index contributed by atoms with van der Waals surface area (Å²) in [6, 6.07) is 56.4. The lowest BCUT2D eigenvalue weighted by atomic mass is 9.97. The zero-order valence-electron chi connectivity index (χ0n) is 25.3. The highest BCUT2D eigenvalue weighted by Gasteiger charge is 2.14. The van der Waals surface area contributed by atoms with E-state index in [2.05, 4.69) is 115 Å². The van der Waals surface area contributed by atoms with Crippen LogP contribution in [0.25, 0.3) is 89.1 Å². The summed E-state index contributed by atoms with van der Waals surface area (Å²) in [6.07, 6.45) is 0. The zero-order chi connectivity index (χ0) is 31.2. The van der Waals surface area contributed by atoms with Crippen molar-refractivity contribution in [3.8, 4) is 56.4 Å². The lowest BCUT2D eigenvalue weighted by Crippen LogP contribution is -2.00. The van der Waals surface area contributed by atoms with E-state index >= 15 is 0 Å². The van der Waals surface area contributed by atoms with Crippen molar-refractivity contribution in [2.24, 2.45) is 0 Å². The maximum absolute atomic E-state index is 6.13. The van der Waals surface area contributed by atoms with Crippen LogP contribution in [0.15, 0.2) is 168 Å². The Bertz CT molecular complexity index is 2550. The van der Waals surface area contributed by atoms with Gasteiger partial charge < -0.3 is 4.42 Å². The fourth-order valence-corrected chi connectivity index (χ4v) is 6.36. The van der Waals surface area contributed by atoms with Crippen molar-refractivity contribution in [3.63, 3.8) is 0 Å². The Balaban J connectivity index is 1.13. The fraction of sp³-hybridized carbons (Fsp3) is 0. The minimum Gasteiger partial charge on any atom is -0.456 e. The second kappa shape index (κ2) is 11.2. The zero-order valence-corrected chi connectivity index (χ0v) is 25.3. The molecule has 0 atom stereocenters. The van der Waals surface area contributed by atoms with Crippen LogP contribution in [0.1, 0.15) is 0 Å². The summed E-state index contributed by atoms with van der Waals surface area (Å²) in [6.45, 7) is 0. The van der Waals surface area contributed by atoms with Crippen molar-refractivity contribution < 1.29 is 4.42 Å². The molecule has 7 aromatic carbocycles. The van der Waals surface area contributed by atoms with Gasteiger partial charge in [-0.25, -0.2) is 15.0 Å². The summed E-state index contributed by atoms with van der Waals surface area (Å²) in [5.74, 6) is 1.92. The molecule has 0 amide bonds. The van der Waals surface area contributed by atoms with Gasteiger partial charge in [-0.3, -0.25) is 0 Å². The molecule has 2 heterocycles. The van der Waals surface area contributed by atoms with E-state index in [1.807, 2.05) is 48.5 Å². The van der Waals surface area contributed by atoms with Crippen molar-refractivity contribution in [1.29, 1.82) is 0 Å². The van der Waals surface area contributed by atoms with Crippen LogP contribution in [0, 0.1) is 0 Å². The molecule has 0 N–H and O–H groups in total. The van der Waals surface area contributed by atoms with Gasteiger partial charge in [-0.2, -0.15) is 0 Å². The first-order valence-electron chi connectivity index (χ1n) is 15.7. The van der Waals surface area contributed by atoms with Crippen LogP contribution in [-0.4, -0.2) is 15.0 Å². The summed E-state index contributed by atoms with van der Waals surface area (Å²) >= 11 is 0. The third-order valence-electron chi connectivity index (χ3n) is 8.73. The van der Waals surface area contributed by atoms with Gasteiger partial charge in [0, 0.05) is 27.5 Å². The molecule has 9 rings (SSSR count). The number of hydrogen-bond acceptors (Lipinski definition) is 4. The topological polar surface area (TPSA) is 51.8 Å². The average molecular weight is 602 g/mol. The van der Waals surface area contributed by atoms with Gasteiger partial charge >= 0.3 is 0 Å². The van der Waals surface area contributed by atoms with Crippen LogP contribution in [0.3, 0.4) is 0 Å². The Morgan fingerprint density at radius 1 is 0.319 bits per heavy atom. The van der Waals surface area contributed by atoms with Crippen LogP contribution in [0.5, 0.6) is 0 Å². The predicted molar refractivity (Wildman–Crippen MR) is 192 cm³/mol. The van der Waals surface area contributed by atoms with Crippen LogP contribution < -0.4 is 0 Å². The van der Waals surface area contributed by atoms with E-state index in [1.54, 1.807) is 0 Å². The molecule has 0 aliphatic heterocycles. The van der Waals surface area contributed by atoms with E-state index in [-0.39, 0.29) is 0 Å². The lowest BCUT2D eigenvalue weighted by molar-refractivity contribution is 0.669. The summed E-state index contributed by atoms with van der Waals surface area (Å²) in [5, 5.41) is 4.64. The van der Waals surface area contributed by atoms with Crippen molar-refractivity contribution >= 4 is 32.7 Å². The standard InChI is InChI=1S/C43H27N3O/c1-3-10-28(11-4-1)29-18-20-31(21-19-29)42-44-41(30-12-5-2-6-13-30)45-43(46-42)35-15-9-14-32(27-35)33-22-24-36-34(26-33)23-25-39-40(36)37-16-7-8-17-38(37)47-39/h1-27H. The van der Waals surface area contributed by atoms with E-state index in [0.29, 0.717) is 17.5 Å². The molecule has 0 saturated carbocycles. The molecule has 220 valence electrons. The van der Waals surface area contributed by atoms with E-state index in [9.17, 15) is 0 Å². The van der Waals surface area contributed by atoms with Gasteiger partial charge in [-0.1, -0.05) is 140 Å². The van der Waals surface area contributed by atoms with E-state index < -0.39 is 0 Å². The molecule has 47 heavy (non-hydrogen) atoms. The second-order valence-electron chi connectivity index (χ2n) is 11.7. The Morgan fingerprint density at radius 3 is 1.62 bits per heavy atom. The Hall–Kier alpha value is -6.39. The molecule has 0 aliphatic rings. The summed E-state index contributed by atoms with van der Waals surface area (Å²) in [4.78, 5) is 14.9. The maximum atomic E-state index is 6.13. The summed E-state index contributed by atoms with van der Waals surface area (Å²) < 4.78 is 6.13. The van der Waals surface area contributed by atoms with Gasteiger partial charge in [-0.15, -0.1) is 0 Å². The van der Waals surface area contributed by atoms with Gasteiger partial charge in [-0.05, 0) is 57.3 Å². The van der Waals surface area contributed by atoms with E-state index in [1.165, 1.54) is 16.3 Å². The third-order valence-corrected chi connectivity index (χ3v) is 8.73. The van der Waals surface area contributed by atoms with Crippen molar-refractivity contribution in [3.05, 3.63) is 164 Å². The molecule has 0 fully saturated rings. The summed E-state index contributed by atoms with van der Waals surface area (Å²) in [5.41, 5.74) is 9.17. The molecule has 0 aliphatic carbocycles. The molecule has 0 radical (unpaired) electrons. The molecular formula is C43H27N3O. The smallest absolute Gasteiger partial charge is 0.164 e. The Morgan fingerprint density at radius 2 is 0.851 bits per heavy atom. The van der Waals surface area contributed by atoms with Crippen molar-refractivity contribution in [2.75, 3.05) is 0 Å². The Kier molecular flexibility index (Phi) is 6.43. The molecule has 2 aromatic heterocycles. The van der Waals surface area contributed by atoms with Crippen LogP contribution in [0.2, 0.25) is 0 Å². The highest BCUT2D eigenvalue weighted by Crippen LogP contribution is 2.37. The number of rotatable bonds is 5. The van der Waals surface area contributed by atoms with Gasteiger partial charge in [0.15, 0.2) is 17.5 Å². The normalized spacial score (nSPS) is 11.4. The van der Waals surface area contributed by atoms with Gasteiger partial charge in [0.2, 0.25) is 0 Å². The van der Waals surface area contributed by atoms with Gasteiger partial charge in [0.05, 0.1) is 0 Å². The molecule has 9 aromatic rings. The molecule has 0 spiro atoms. The van der Waals surface area contributed by atoms with Gasteiger partial charge in [0.25, 0.3) is 0 Å². The molecule has 0 unspecified atom stereocenters. The maximum Gasteiger partial charge on any atom is 0.164 e. The number of para-hydroxylation sites is 1. The van der Waals surface area contributed by atoms with Crippen molar-refractivity contribution in [2.45, 2.75) is 0 Å². The lowest BCUT2D eigenvalue weighted by Gasteiger charge is -2.10. The molecule has 4 nitrogen and oxygen atoms in total. The number of furan rings is 1. The van der Waals surface area contributed by atoms with Crippen LogP contribution >= 0.6 is 0 Å². The number of benzene rings is 7. The van der Waals surface area contributed by atoms with Gasteiger partial charge in [0.1, 0.15) is 11.2 Å². The number of hydrogen-bond donors (Lipinski definition) is 0. The minimum absolute atomic E-state index is 0.634. The molecule has 4 heteroatoms. The van der Waals surface area contributed by atoms with E-state index in [0.717, 1.165) is 55.3 Å². The van der Waals surface area contributed by atoms with Crippen molar-refractivity contribution in [1.82, 2.24) is 15.0 Å². The third kappa shape index (κ3) is 4.93. The summed E-state index contributed by atoms with van der Waals surface area (Å²) in [7, 11) is 0. The number of aromatic nitrogens is 3. The van der Waals surface area contributed by atoms with E-state index in [4.69, 9.17) is 19.4 Å². The first-order chi connectivity index (χ1) is 23.3. The molecule has 0 bridgehead atoms. The first-order valence-corrected chi connectivity index (χ1v) is 15.7. The molecule has 0 saturated heterocycles. The minimum atomic E-state index is 0.634. The SMILES string of the molecule is c1ccc(-c2ccc(-c3nc(-c4ccccc4)nc(-c4cccc(-c5ccc6c(ccc7oc8ccccc8c76)c5)c4)n3)cc2)cc1. The fourth-order valence-electron chi connectivity index (χ4n) is 6.36. The second-order valence-corrected chi connectivity index (χ2v) is 11.7. The first kappa shape index (κ1) is 27.0. The highest BCUT2D eigenvalue weighted by atomic mass is 16.3. The largest absolute Gasteiger partial charge is 0.456 e. The van der Waals surface area contributed by atoms with Crippen LogP contribution in [-0.2, 0) is 0 Å². The molecular weight excluding hydrogens is 574 g/mol. The van der Waals surface area contributed by atoms with Crippen LogP contribution in [0.4, 0.5) is 0 Å². The quantitative estimate of drug-likeness (QED) is 0.197. The predicted octanol–water partition coefficient (Wildman–Crippen LogP) is 11.3. The average Bonchev–Trinajstić information content (AvgIpc) is 3.55. The highest BCUT2D eigenvalue weighted by molar-refractivity contribution is 6.19. The Labute approximate surface area is 271 Å². The number of fused-ring (bicyclic) bond motifs is 5. The monoisotopic (exact) mass is 601 g/mol. The number of nitrogens with zero attached hydrogens (tertiary/aromatic N) is 3.